The molecule has 1 N–H and O–H groups in total. The molecule has 0 heterocycles. The van der Waals surface area contributed by atoms with Gasteiger partial charge in [0, 0.05) is 19.0 Å². The number of unbranched alkanes of at least 4 members (excludes halogenated alkanes) is 3. The summed E-state index contributed by atoms with van der Waals surface area (Å²) in [5.74, 6) is 3.97. The van der Waals surface area contributed by atoms with E-state index in [1.165, 1.54) is 38.5 Å². The third kappa shape index (κ3) is 11.3. The average Bonchev–Trinajstić information content (AvgIpc) is 2.25. The molecule has 0 amide bonds. The molecule has 0 aliphatic rings. The predicted molar refractivity (Wildman–Crippen MR) is 68.6 cm³/mol. The van der Waals surface area contributed by atoms with Gasteiger partial charge >= 0.3 is 0 Å². The summed E-state index contributed by atoms with van der Waals surface area (Å²) in [6.07, 6.45) is 8.84. The van der Waals surface area contributed by atoms with E-state index in [4.69, 9.17) is 0 Å². The molecule has 0 aromatic heterocycles. The molecule has 0 aliphatic heterocycles. The van der Waals surface area contributed by atoms with Crippen molar-refractivity contribution < 1.29 is 0 Å². The SMILES string of the molecule is CCCCCNC#CCC(C)CCCC. The molecule has 0 aromatic rings. The van der Waals surface area contributed by atoms with Crippen molar-refractivity contribution in [3.63, 3.8) is 0 Å². The molecule has 1 atom stereocenters. The average molecular weight is 209 g/mol. The Kier molecular flexibility index (Phi) is 10.9. The third-order valence-electron chi connectivity index (χ3n) is 2.58. The maximum absolute atomic E-state index is 3.21. The summed E-state index contributed by atoms with van der Waals surface area (Å²) in [6.45, 7) is 7.81. The first-order valence-corrected chi connectivity index (χ1v) is 6.52. The van der Waals surface area contributed by atoms with Crippen LogP contribution in [0.4, 0.5) is 0 Å². The van der Waals surface area contributed by atoms with Crippen LogP contribution in [0, 0.1) is 17.9 Å². The molecule has 0 aliphatic carbocycles. The highest BCUT2D eigenvalue weighted by Gasteiger charge is 1.97. The van der Waals surface area contributed by atoms with Crippen LogP contribution >= 0.6 is 0 Å². The van der Waals surface area contributed by atoms with Gasteiger partial charge in [-0.15, -0.1) is 0 Å². The Labute approximate surface area is 96.0 Å². The van der Waals surface area contributed by atoms with Gasteiger partial charge in [-0.25, -0.2) is 0 Å². The zero-order chi connectivity index (χ0) is 11.4. The first-order valence-electron chi connectivity index (χ1n) is 6.52. The third-order valence-corrected chi connectivity index (χ3v) is 2.58. The number of rotatable bonds is 8. The van der Waals surface area contributed by atoms with Crippen molar-refractivity contribution in [3.8, 4) is 12.0 Å². The lowest BCUT2D eigenvalue weighted by Gasteiger charge is -2.04. The van der Waals surface area contributed by atoms with Crippen molar-refractivity contribution in [1.82, 2.24) is 5.32 Å². The lowest BCUT2D eigenvalue weighted by atomic mass is 10.0. The minimum atomic E-state index is 0.759. The summed E-state index contributed by atoms with van der Waals surface area (Å²) in [5.41, 5.74) is 0. The summed E-state index contributed by atoms with van der Waals surface area (Å²) >= 11 is 0. The first-order chi connectivity index (χ1) is 7.31. The van der Waals surface area contributed by atoms with Crippen molar-refractivity contribution in [2.75, 3.05) is 6.54 Å². The zero-order valence-corrected chi connectivity index (χ0v) is 10.7. The molecule has 0 saturated heterocycles. The Balaban J connectivity index is 3.28. The molecule has 1 heteroatoms. The maximum Gasteiger partial charge on any atom is 0.0229 e. The van der Waals surface area contributed by atoms with E-state index in [1.807, 2.05) is 0 Å². The number of nitrogens with one attached hydrogen (secondary N) is 1. The molecular weight excluding hydrogens is 182 g/mol. The largest absolute Gasteiger partial charge is 0.346 e. The van der Waals surface area contributed by atoms with Gasteiger partial charge in [0.15, 0.2) is 0 Å². The van der Waals surface area contributed by atoms with Gasteiger partial charge in [0.1, 0.15) is 0 Å². The van der Waals surface area contributed by atoms with E-state index in [9.17, 15) is 0 Å². The summed E-state index contributed by atoms with van der Waals surface area (Å²) in [6, 6.07) is 3.05. The molecule has 88 valence electrons. The van der Waals surface area contributed by atoms with Crippen LogP contribution in [-0.2, 0) is 0 Å². The second kappa shape index (κ2) is 11.4. The van der Waals surface area contributed by atoms with Crippen LogP contribution in [0.25, 0.3) is 0 Å². The van der Waals surface area contributed by atoms with E-state index < -0.39 is 0 Å². The Hall–Kier alpha value is -0.640. The minimum Gasteiger partial charge on any atom is -0.346 e. The smallest absolute Gasteiger partial charge is 0.0229 e. The Bertz CT molecular complexity index is 176. The van der Waals surface area contributed by atoms with Crippen LogP contribution in [0.15, 0.2) is 0 Å². The van der Waals surface area contributed by atoms with E-state index in [-0.39, 0.29) is 0 Å². The summed E-state index contributed by atoms with van der Waals surface area (Å²) in [4.78, 5) is 0. The van der Waals surface area contributed by atoms with E-state index in [2.05, 4.69) is 38.1 Å². The van der Waals surface area contributed by atoms with E-state index in [0.29, 0.717) is 0 Å². The first kappa shape index (κ1) is 14.4. The highest BCUT2D eigenvalue weighted by Crippen LogP contribution is 2.10. The summed E-state index contributed by atoms with van der Waals surface area (Å²) in [5, 5.41) is 3.17. The van der Waals surface area contributed by atoms with E-state index in [1.54, 1.807) is 0 Å². The zero-order valence-electron chi connectivity index (χ0n) is 10.7. The van der Waals surface area contributed by atoms with Crippen LogP contribution in [0.3, 0.4) is 0 Å². The Morgan fingerprint density at radius 2 is 1.80 bits per heavy atom. The van der Waals surface area contributed by atoms with Crippen LogP contribution in [-0.4, -0.2) is 6.54 Å². The molecule has 0 spiro atoms. The van der Waals surface area contributed by atoms with Crippen molar-refractivity contribution in [1.29, 1.82) is 0 Å². The summed E-state index contributed by atoms with van der Waals surface area (Å²) < 4.78 is 0. The van der Waals surface area contributed by atoms with Gasteiger partial charge in [-0.2, -0.15) is 0 Å². The van der Waals surface area contributed by atoms with Crippen molar-refractivity contribution in [3.05, 3.63) is 0 Å². The van der Waals surface area contributed by atoms with Crippen molar-refractivity contribution >= 4 is 0 Å². The fourth-order valence-electron chi connectivity index (χ4n) is 1.47. The van der Waals surface area contributed by atoms with Gasteiger partial charge in [-0.1, -0.05) is 52.4 Å². The van der Waals surface area contributed by atoms with Crippen LogP contribution < -0.4 is 5.32 Å². The lowest BCUT2D eigenvalue weighted by molar-refractivity contribution is 0.518. The number of hydrogen-bond acceptors (Lipinski definition) is 1. The second-order valence-electron chi connectivity index (χ2n) is 4.39. The maximum atomic E-state index is 3.21. The Morgan fingerprint density at radius 3 is 2.47 bits per heavy atom. The van der Waals surface area contributed by atoms with Gasteiger partial charge in [-0.3, -0.25) is 0 Å². The molecule has 15 heavy (non-hydrogen) atoms. The standard InChI is InChI=1S/C14H27N/c1-4-6-8-12-15-13-9-11-14(3)10-7-5-2/h14-15H,4-8,10-12H2,1-3H3. The van der Waals surface area contributed by atoms with Crippen LogP contribution in [0.5, 0.6) is 0 Å². The quantitative estimate of drug-likeness (QED) is 0.363. The molecule has 1 unspecified atom stereocenters. The topological polar surface area (TPSA) is 12.0 Å². The van der Waals surface area contributed by atoms with Crippen LogP contribution in [0.2, 0.25) is 0 Å². The molecule has 0 saturated carbocycles. The monoisotopic (exact) mass is 209 g/mol. The highest BCUT2D eigenvalue weighted by molar-refractivity contribution is 4.97. The molecular formula is C14H27N. The van der Waals surface area contributed by atoms with Gasteiger partial charge in [0.25, 0.3) is 0 Å². The van der Waals surface area contributed by atoms with Crippen molar-refractivity contribution in [2.24, 2.45) is 5.92 Å². The highest BCUT2D eigenvalue weighted by atomic mass is 14.8. The van der Waals surface area contributed by atoms with Gasteiger partial charge in [0.2, 0.25) is 0 Å². The van der Waals surface area contributed by atoms with Gasteiger partial charge in [-0.05, 0) is 18.8 Å². The molecule has 1 nitrogen and oxygen atoms in total. The van der Waals surface area contributed by atoms with Gasteiger partial charge < -0.3 is 5.32 Å². The van der Waals surface area contributed by atoms with E-state index >= 15 is 0 Å². The number of hydrogen-bond donors (Lipinski definition) is 1. The molecule has 0 fully saturated rings. The summed E-state index contributed by atoms with van der Waals surface area (Å²) in [7, 11) is 0. The molecule has 0 radical (unpaired) electrons. The van der Waals surface area contributed by atoms with Crippen LogP contribution in [0.1, 0.15) is 65.7 Å². The second-order valence-corrected chi connectivity index (χ2v) is 4.39. The molecule has 0 aromatic carbocycles. The van der Waals surface area contributed by atoms with Crippen molar-refractivity contribution in [2.45, 2.75) is 65.7 Å². The van der Waals surface area contributed by atoms with Gasteiger partial charge in [0.05, 0.1) is 0 Å². The minimum absolute atomic E-state index is 0.759. The van der Waals surface area contributed by atoms with E-state index in [0.717, 1.165) is 18.9 Å². The lowest BCUT2D eigenvalue weighted by Crippen LogP contribution is -2.07. The molecule has 0 bridgehead atoms. The Morgan fingerprint density at radius 1 is 1.07 bits per heavy atom. The normalized spacial score (nSPS) is 11.7. The fourth-order valence-corrected chi connectivity index (χ4v) is 1.47. The predicted octanol–water partition coefficient (Wildman–Crippen LogP) is 3.94. The molecule has 0 rings (SSSR count). The fraction of sp³-hybridized carbons (Fsp3) is 0.857.